The van der Waals surface area contributed by atoms with E-state index in [1.165, 1.54) is 4.70 Å². The number of benzene rings is 1. The van der Waals surface area contributed by atoms with Gasteiger partial charge in [0.25, 0.3) is 0 Å². The lowest BCUT2D eigenvalue weighted by Gasteiger charge is -1.92. The summed E-state index contributed by atoms with van der Waals surface area (Å²) in [6, 6.07) is 7.97. The number of allylic oxidation sites excluding steroid dienone is 2. The second kappa shape index (κ2) is 3.76. The van der Waals surface area contributed by atoms with E-state index in [0.29, 0.717) is 0 Å². The van der Waals surface area contributed by atoms with Crippen molar-refractivity contribution in [2.75, 3.05) is 0 Å². The zero-order chi connectivity index (χ0) is 9.97. The molecule has 2 heteroatoms. The van der Waals surface area contributed by atoms with Gasteiger partial charge in [-0.15, -0.1) is 11.3 Å². The third-order valence-electron chi connectivity index (χ3n) is 2.06. The molecule has 0 bridgehead atoms. The van der Waals surface area contributed by atoms with Crippen LogP contribution in [-0.2, 0) is 0 Å². The molecule has 0 amide bonds. The van der Waals surface area contributed by atoms with Gasteiger partial charge in [0.1, 0.15) is 0 Å². The summed E-state index contributed by atoms with van der Waals surface area (Å²) in [5.74, 6) is 0.0879. The maximum absolute atomic E-state index is 11.6. The molecule has 0 spiro atoms. The van der Waals surface area contributed by atoms with Crippen LogP contribution in [0.25, 0.3) is 10.1 Å². The second-order valence-electron chi connectivity index (χ2n) is 3.01. The molecule has 0 radical (unpaired) electrons. The van der Waals surface area contributed by atoms with Crippen LogP contribution in [0.2, 0.25) is 0 Å². The Morgan fingerprint density at radius 1 is 1.36 bits per heavy atom. The number of carbonyl (C=O) groups is 1. The van der Waals surface area contributed by atoms with Gasteiger partial charge in [-0.1, -0.05) is 24.3 Å². The van der Waals surface area contributed by atoms with E-state index in [-0.39, 0.29) is 5.78 Å². The molecule has 70 valence electrons. The maximum Gasteiger partial charge on any atom is 0.186 e. The van der Waals surface area contributed by atoms with E-state index in [1.807, 2.05) is 36.6 Å². The normalized spacial score (nSPS) is 11.2. The SMILES string of the molecule is CC=CC(=O)c1csc2ccccc12. The first kappa shape index (κ1) is 9.16. The standard InChI is InChI=1S/C12H10OS/c1-2-5-11(13)10-8-14-12-7-4-3-6-9(10)12/h2-8H,1H3. The Morgan fingerprint density at radius 2 is 2.14 bits per heavy atom. The fourth-order valence-electron chi connectivity index (χ4n) is 1.41. The molecule has 2 rings (SSSR count). The van der Waals surface area contributed by atoms with E-state index < -0.39 is 0 Å². The second-order valence-corrected chi connectivity index (χ2v) is 3.92. The predicted molar refractivity (Wildman–Crippen MR) is 61.0 cm³/mol. The lowest BCUT2D eigenvalue weighted by Crippen LogP contribution is -1.91. The van der Waals surface area contributed by atoms with Crippen LogP contribution in [0.1, 0.15) is 17.3 Å². The number of rotatable bonds is 2. The number of fused-ring (bicyclic) bond motifs is 1. The summed E-state index contributed by atoms with van der Waals surface area (Å²) < 4.78 is 1.17. The van der Waals surface area contributed by atoms with Crippen molar-refractivity contribution in [1.82, 2.24) is 0 Å². The van der Waals surface area contributed by atoms with Gasteiger partial charge in [0, 0.05) is 21.0 Å². The first-order chi connectivity index (χ1) is 6.83. The van der Waals surface area contributed by atoms with Crippen LogP contribution in [0.4, 0.5) is 0 Å². The molecule has 0 unspecified atom stereocenters. The number of thiophene rings is 1. The summed E-state index contributed by atoms with van der Waals surface area (Å²) in [6.45, 7) is 1.85. The van der Waals surface area contributed by atoms with Crippen molar-refractivity contribution in [3.05, 3.63) is 47.4 Å². The Labute approximate surface area is 86.7 Å². The molecule has 0 aliphatic heterocycles. The molecule has 0 aliphatic carbocycles. The van der Waals surface area contributed by atoms with Crippen molar-refractivity contribution in [3.63, 3.8) is 0 Å². The number of carbonyl (C=O) groups excluding carboxylic acids is 1. The van der Waals surface area contributed by atoms with Gasteiger partial charge in [-0.2, -0.15) is 0 Å². The molecular formula is C12H10OS. The zero-order valence-corrected chi connectivity index (χ0v) is 8.67. The molecule has 1 aromatic carbocycles. The average molecular weight is 202 g/mol. The molecular weight excluding hydrogens is 192 g/mol. The van der Waals surface area contributed by atoms with E-state index in [4.69, 9.17) is 0 Å². The highest BCUT2D eigenvalue weighted by atomic mass is 32.1. The van der Waals surface area contributed by atoms with Crippen LogP contribution in [0.15, 0.2) is 41.8 Å². The minimum atomic E-state index is 0.0879. The first-order valence-corrected chi connectivity index (χ1v) is 5.34. The molecule has 0 N–H and O–H groups in total. The maximum atomic E-state index is 11.6. The van der Waals surface area contributed by atoms with Gasteiger partial charge < -0.3 is 0 Å². The number of ketones is 1. The molecule has 0 atom stereocenters. The fourth-order valence-corrected chi connectivity index (χ4v) is 2.36. The third-order valence-corrected chi connectivity index (χ3v) is 3.03. The smallest absolute Gasteiger partial charge is 0.186 e. The Kier molecular flexibility index (Phi) is 2.46. The van der Waals surface area contributed by atoms with Crippen molar-refractivity contribution in [3.8, 4) is 0 Å². The first-order valence-electron chi connectivity index (χ1n) is 4.46. The Morgan fingerprint density at radius 3 is 2.93 bits per heavy atom. The van der Waals surface area contributed by atoms with Gasteiger partial charge in [-0.25, -0.2) is 0 Å². The predicted octanol–water partition coefficient (Wildman–Crippen LogP) is 3.66. The summed E-state index contributed by atoms with van der Waals surface area (Å²) in [7, 11) is 0. The van der Waals surface area contributed by atoms with Gasteiger partial charge >= 0.3 is 0 Å². The highest BCUT2D eigenvalue weighted by molar-refractivity contribution is 7.17. The van der Waals surface area contributed by atoms with Crippen LogP contribution in [0, 0.1) is 0 Å². The Hall–Kier alpha value is -1.41. The lowest BCUT2D eigenvalue weighted by atomic mass is 10.1. The molecule has 1 nitrogen and oxygen atoms in total. The van der Waals surface area contributed by atoms with Gasteiger partial charge in [0.2, 0.25) is 0 Å². The van der Waals surface area contributed by atoms with Crippen LogP contribution >= 0.6 is 11.3 Å². The Bertz CT molecular complexity index is 494. The fraction of sp³-hybridized carbons (Fsp3) is 0.0833. The number of hydrogen-bond acceptors (Lipinski definition) is 2. The minimum Gasteiger partial charge on any atom is -0.289 e. The van der Waals surface area contributed by atoms with Gasteiger partial charge in [0.05, 0.1) is 0 Å². The summed E-state index contributed by atoms with van der Waals surface area (Å²) in [4.78, 5) is 11.6. The highest BCUT2D eigenvalue weighted by Gasteiger charge is 2.07. The van der Waals surface area contributed by atoms with E-state index >= 15 is 0 Å². The molecule has 0 saturated carbocycles. The van der Waals surface area contributed by atoms with Crippen molar-refractivity contribution >= 4 is 27.2 Å². The summed E-state index contributed by atoms with van der Waals surface area (Å²) in [5, 5.41) is 2.98. The van der Waals surface area contributed by atoms with E-state index in [9.17, 15) is 4.79 Å². The summed E-state index contributed by atoms with van der Waals surface area (Å²) >= 11 is 1.61. The topological polar surface area (TPSA) is 17.1 Å². The van der Waals surface area contributed by atoms with Gasteiger partial charge in [-0.3, -0.25) is 4.79 Å². The van der Waals surface area contributed by atoms with Crippen LogP contribution in [-0.4, -0.2) is 5.78 Å². The van der Waals surface area contributed by atoms with Crippen molar-refractivity contribution in [1.29, 1.82) is 0 Å². The summed E-state index contributed by atoms with van der Waals surface area (Å²) in [5.41, 5.74) is 0.809. The molecule has 0 aliphatic rings. The van der Waals surface area contributed by atoms with Crippen molar-refractivity contribution < 1.29 is 4.79 Å². The molecule has 2 aromatic rings. The van der Waals surface area contributed by atoms with E-state index in [1.54, 1.807) is 23.5 Å². The molecule has 14 heavy (non-hydrogen) atoms. The van der Waals surface area contributed by atoms with Crippen molar-refractivity contribution in [2.24, 2.45) is 0 Å². The van der Waals surface area contributed by atoms with Gasteiger partial charge in [0.15, 0.2) is 5.78 Å². The van der Waals surface area contributed by atoms with Crippen LogP contribution < -0.4 is 0 Å². The zero-order valence-electron chi connectivity index (χ0n) is 7.86. The van der Waals surface area contributed by atoms with Crippen molar-refractivity contribution in [2.45, 2.75) is 6.92 Å². The van der Waals surface area contributed by atoms with Crippen LogP contribution in [0.3, 0.4) is 0 Å². The van der Waals surface area contributed by atoms with Gasteiger partial charge in [-0.05, 0) is 19.1 Å². The number of hydrogen-bond donors (Lipinski definition) is 0. The molecule has 0 fully saturated rings. The monoisotopic (exact) mass is 202 g/mol. The minimum absolute atomic E-state index is 0.0879. The molecule has 0 saturated heterocycles. The Balaban J connectivity index is 2.58. The van der Waals surface area contributed by atoms with Crippen LogP contribution in [0.5, 0.6) is 0 Å². The summed E-state index contributed by atoms with van der Waals surface area (Å²) in [6.07, 6.45) is 3.38. The quantitative estimate of drug-likeness (QED) is 0.536. The highest BCUT2D eigenvalue weighted by Crippen LogP contribution is 2.25. The van der Waals surface area contributed by atoms with E-state index in [0.717, 1.165) is 10.9 Å². The average Bonchev–Trinajstić information content (AvgIpc) is 2.61. The third kappa shape index (κ3) is 1.49. The lowest BCUT2D eigenvalue weighted by molar-refractivity contribution is 0.104. The van der Waals surface area contributed by atoms with E-state index in [2.05, 4.69) is 0 Å². The molecule has 1 heterocycles. The largest absolute Gasteiger partial charge is 0.289 e. The molecule has 1 aromatic heterocycles.